The van der Waals surface area contributed by atoms with Gasteiger partial charge in [0.2, 0.25) is 11.7 Å². The summed E-state index contributed by atoms with van der Waals surface area (Å²) in [7, 11) is 0. The first kappa shape index (κ1) is 17.6. The predicted molar refractivity (Wildman–Crippen MR) is 92.9 cm³/mol. The van der Waals surface area contributed by atoms with Crippen LogP contribution in [-0.4, -0.2) is 53.6 Å². The van der Waals surface area contributed by atoms with E-state index in [-0.39, 0.29) is 11.9 Å². The van der Waals surface area contributed by atoms with Crippen molar-refractivity contribution < 1.29 is 18.4 Å². The van der Waals surface area contributed by atoms with E-state index < -0.39 is 0 Å². The van der Waals surface area contributed by atoms with Crippen molar-refractivity contribution in [1.29, 1.82) is 0 Å². The first-order chi connectivity index (χ1) is 12.8. The van der Waals surface area contributed by atoms with Gasteiger partial charge in [0.05, 0.1) is 25.4 Å². The van der Waals surface area contributed by atoms with Crippen LogP contribution in [0.2, 0.25) is 0 Å². The second-order valence-electron chi connectivity index (χ2n) is 6.96. The van der Waals surface area contributed by atoms with Crippen LogP contribution in [0.3, 0.4) is 0 Å². The highest BCUT2D eigenvalue weighted by atomic mass is 19.1. The molecule has 6 nitrogen and oxygen atoms in total. The van der Waals surface area contributed by atoms with Gasteiger partial charge in [0.1, 0.15) is 5.82 Å². The van der Waals surface area contributed by atoms with Crippen molar-refractivity contribution in [2.24, 2.45) is 0 Å². The predicted octanol–water partition coefficient (Wildman–Crippen LogP) is 3.04. The van der Waals surface area contributed by atoms with E-state index in [1.807, 2.05) is 0 Å². The van der Waals surface area contributed by atoms with Gasteiger partial charge in [-0.2, -0.15) is 4.98 Å². The second kappa shape index (κ2) is 8.24. The fourth-order valence-corrected chi connectivity index (χ4v) is 3.48. The van der Waals surface area contributed by atoms with Crippen molar-refractivity contribution in [1.82, 2.24) is 15.0 Å². The van der Waals surface area contributed by atoms with Crippen LogP contribution in [0, 0.1) is 5.82 Å². The molecule has 0 saturated carbocycles. The van der Waals surface area contributed by atoms with Gasteiger partial charge in [-0.25, -0.2) is 4.39 Å². The van der Waals surface area contributed by atoms with Crippen molar-refractivity contribution in [3.63, 3.8) is 0 Å². The summed E-state index contributed by atoms with van der Waals surface area (Å²) in [5.41, 5.74) is 0.752. The number of hydrogen-bond donors (Lipinski definition) is 0. The number of halogens is 1. The topological polar surface area (TPSA) is 60.6 Å². The van der Waals surface area contributed by atoms with Crippen molar-refractivity contribution in [2.45, 2.75) is 44.4 Å². The Balaban J connectivity index is 1.23. The first-order valence-electron chi connectivity index (χ1n) is 9.30. The minimum Gasteiger partial charge on any atom is -0.376 e. The van der Waals surface area contributed by atoms with Crippen molar-refractivity contribution in [3.05, 3.63) is 36.0 Å². The zero-order valence-electron chi connectivity index (χ0n) is 14.8. The van der Waals surface area contributed by atoms with E-state index in [9.17, 15) is 4.39 Å². The van der Waals surface area contributed by atoms with Crippen LogP contribution in [0.25, 0.3) is 11.4 Å². The molecule has 0 spiro atoms. The zero-order valence-corrected chi connectivity index (χ0v) is 14.8. The van der Waals surface area contributed by atoms with Crippen LogP contribution >= 0.6 is 0 Å². The molecule has 7 heteroatoms. The summed E-state index contributed by atoms with van der Waals surface area (Å²) in [6.45, 7) is 4.12. The van der Waals surface area contributed by atoms with Gasteiger partial charge < -0.3 is 14.0 Å². The quantitative estimate of drug-likeness (QED) is 0.788. The Bertz CT molecular complexity index is 692. The molecule has 2 fully saturated rings. The van der Waals surface area contributed by atoms with Gasteiger partial charge in [-0.3, -0.25) is 4.90 Å². The molecule has 1 aromatic heterocycles. The molecule has 1 unspecified atom stereocenters. The number of piperidine rings is 1. The van der Waals surface area contributed by atoms with E-state index in [2.05, 4.69) is 15.0 Å². The lowest BCUT2D eigenvalue weighted by Gasteiger charge is -2.31. The Kier molecular flexibility index (Phi) is 5.57. The van der Waals surface area contributed by atoms with E-state index in [1.165, 1.54) is 12.1 Å². The zero-order chi connectivity index (χ0) is 17.8. The first-order valence-corrected chi connectivity index (χ1v) is 9.30. The molecular weight excluding hydrogens is 337 g/mol. The number of hydrogen-bond acceptors (Lipinski definition) is 6. The van der Waals surface area contributed by atoms with Gasteiger partial charge in [-0.1, -0.05) is 5.16 Å². The summed E-state index contributed by atoms with van der Waals surface area (Å²) in [6.07, 6.45) is 4.88. The van der Waals surface area contributed by atoms with Crippen LogP contribution in [0.5, 0.6) is 0 Å². The molecule has 0 bridgehead atoms. The lowest BCUT2D eigenvalue weighted by molar-refractivity contribution is -0.0433. The van der Waals surface area contributed by atoms with Gasteiger partial charge in [0.25, 0.3) is 0 Å². The van der Waals surface area contributed by atoms with E-state index in [1.54, 1.807) is 12.1 Å². The molecular formula is C19H24FN3O3. The normalized spacial score (nSPS) is 22.1. The third-order valence-corrected chi connectivity index (χ3v) is 5.01. The maximum absolute atomic E-state index is 13.0. The lowest BCUT2D eigenvalue weighted by Crippen LogP contribution is -2.37. The van der Waals surface area contributed by atoms with Gasteiger partial charge in [-0.15, -0.1) is 0 Å². The van der Waals surface area contributed by atoms with Crippen molar-refractivity contribution in [3.8, 4) is 11.4 Å². The average molecular weight is 361 g/mol. The van der Waals surface area contributed by atoms with Gasteiger partial charge in [-0.05, 0) is 49.9 Å². The average Bonchev–Trinajstić information content (AvgIpc) is 3.34. The maximum Gasteiger partial charge on any atom is 0.241 e. The summed E-state index contributed by atoms with van der Waals surface area (Å²) in [4.78, 5) is 6.72. The number of ether oxygens (including phenoxy) is 2. The number of likely N-dealkylation sites (tertiary alicyclic amines) is 1. The molecule has 2 saturated heterocycles. The summed E-state index contributed by atoms with van der Waals surface area (Å²) in [5, 5.41) is 4.00. The smallest absolute Gasteiger partial charge is 0.241 e. The minimum atomic E-state index is -0.276. The summed E-state index contributed by atoms with van der Waals surface area (Å²) >= 11 is 0. The monoisotopic (exact) mass is 361 g/mol. The molecule has 0 amide bonds. The van der Waals surface area contributed by atoms with Crippen molar-refractivity contribution in [2.75, 3.05) is 26.3 Å². The van der Waals surface area contributed by atoms with E-state index in [0.717, 1.165) is 57.6 Å². The molecule has 1 aromatic carbocycles. The Morgan fingerprint density at radius 2 is 1.96 bits per heavy atom. The van der Waals surface area contributed by atoms with E-state index in [4.69, 9.17) is 14.0 Å². The lowest BCUT2D eigenvalue weighted by atomic mass is 10.1. The Hall–Kier alpha value is -1.83. The fourth-order valence-electron chi connectivity index (χ4n) is 3.48. The fraction of sp³-hybridized carbons (Fsp3) is 0.579. The van der Waals surface area contributed by atoms with Gasteiger partial charge in [0, 0.05) is 25.3 Å². The molecule has 0 radical (unpaired) electrons. The molecule has 26 heavy (non-hydrogen) atoms. The van der Waals surface area contributed by atoms with Crippen molar-refractivity contribution >= 4 is 0 Å². The summed E-state index contributed by atoms with van der Waals surface area (Å²) < 4.78 is 30.0. The molecule has 0 N–H and O–H groups in total. The standard InChI is InChI=1S/C19H24FN3O3/c20-15-5-3-14(4-6-15)19-21-18(26-22-19)12-23-9-7-16(8-10-23)25-13-17-2-1-11-24-17/h3-6,16-17H,1-2,7-13H2. The molecule has 140 valence electrons. The maximum atomic E-state index is 13.0. The van der Waals surface area contributed by atoms with Crippen LogP contribution in [0.4, 0.5) is 4.39 Å². The highest BCUT2D eigenvalue weighted by Crippen LogP contribution is 2.20. The van der Waals surface area contributed by atoms with Crippen LogP contribution in [0.1, 0.15) is 31.6 Å². The number of aromatic nitrogens is 2. The number of nitrogens with zero attached hydrogens (tertiary/aromatic N) is 3. The molecule has 2 aromatic rings. The highest BCUT2D eigenvalue weighted by molar-refractivity contribution is 5.53. The third-order valence-electron chi connectivity index (χ3n) is 5.01. The molecule has 4 rings (SSSR count). The Morgan fingerprint density at radius 1 is 1.15 bits per heavy atom. The van der Waals surface area contributed by atoms with Crippen LogP contribution in [0.15, 0.2) is 28.8 Å². The Labute approximate surface area is 152 Å². The van der Waals surface area contributed by atoms with E-state index in [0.29, 0.717) is 24.4 Å². The molecule has 1 atom stereocenters. The molecule has 2 aliphatic rings. The van der Waals surface area contributed by atoms with Gasteiger partial charge in [0.15, 0.2) is 0 Å². The summed E-state index contributed by atoms with van der Waals surface area (Å²) in [5.74, 6) is 0.805. The highest BCUT2D eigenvalue weighted by Gasteiger charge is 2.23. The third kappa shape index (κ3) is 4.47. The minimum absolute atomic E-state index is 0.276. The number of benzene rings is 1. The largest absolute Gasteiger partial charge is 0.376 e. The summed E-state index contributed by atoms with van der Waals surface area (Å²) in [6, 6.07) is 6.10. The Morgan fingerprint density at radius 3 is 2.69 bits per heavy atom. The number of rotatable bonds is 6. The van der Waals surface area contributed by atoms with Crippen LogP contribution in [-0.2, 0) is 16.0 Å². The van der Waals surface area contributed by atoms with E-state index >= 15 is 0 Å². The van der Waals surface area contributed by atoms with Crippen LogP contribution < -0.4 is 0 Å². The SMILES string of the molecule is Fc1ccc(-c2noc(CN3CCC(OCC4CCCO4)CC3)n2)cc1. The molecule has 0 aliphatic carbocycles. The molecule has 3 heterocycles. The molecule has 2 aliphatic heterocycles. The second-order valence-corrected chi connectivity index (χ2v) is 6.96. The van der Waals surface area contributed by atoms with Gasteiger partial charge >= 0.3 is 0 Å².